The van der Waals surface area contributed by atoms with Gasteiger partial charge in [-0.1, -0.05) is 13.0 Å². The molecule has 18 heavy (non-hydrogen) atoms. The number of rotatable bonds is 5. The maximum Gasteiger partial charge on any atom is 0.322 e. The van der Waals surface area contributed by atoms with Crippen LogP contribution in [-0.2, 0) is 16.0 Å². The van der Waals surface area contributed by atoms with E-state index in [2.05, 4.69) is 21.2 Å². The van der Waals surface area contributed by atoms with Crippen molar-refractivity contribution in [3.63, 3.8) is 0 Å². The van der Waals surface area contributed by atoms with Gasteiger partial charge in [0.25, 0.3) is 0 Å². The number of halogens is 2. The minimum atomic E-state index is -1.08. The number of hydrogen-bond donors (Lipinski definition) is 2. The summed E-state index contributed by atoms with van der Waals surface area (Å²) in [4.78, 5) is 21.8. The largest absolute Gasteiger partial charge is 0.480 e. The maximum absolute atomic E-state index is 13.0. The van der Waals surface area contributed by atoms with Crippen molar-refractivity contribution >= 4 is 27.8 Å². The van der Waals surface area contributed by atoms with Crippen LogP contribution in [0.3, 0.4) is 0 Å². The number of carboxylic acids is 1. The summed E-state index contributed by atoms with van der Waals surface area (Å²) in [7, 11) is 0. The third-order valence-electron chi connectivity index (χ3n) is 2.39. The Kier molecular flexibility index (Phi) is 5.27. The minimum Gasteiger partial charge on any atom is -0.480 e. The topological polar surface area (TPSA) is 66.4 Å². The molecule has 0 heterocycles. The SMILES string of the molecule is CC(Cc1ccc(F)c(Br)c1)C(=O)NCC(=O)O. The third-order valence-corrected chi connectivity index (χ3v) is 3.00. The second-order valence-electron chi connectivity index (χ2n) is 3.97. The molecule has 0 radical (unpaired) electrons. The number of aliphatic carboxylic acids is 1. The van der Waals surface area contributed by atoms with Gasteiger partial charge in [0.1, 0.15) is 12.4 Å². The van der Waals surface area contributed by atoms with Crippen LogP contribution in [0.2, 0.25) is 0 Å². The molecule has 1 atom stereocenters. The van der Waals surface area contributed by atoms with Gasteiger partial charge in [0.05, 0.1) is 4.47 Å². The molecule has 1 aromatic carbocycles. The first-order valence-corrected chi connectivity index (χ1v) is 6.13. The lowest BCUT2D eigenvalue weighted by molar-refractivity contribution is -0.138. The molecule has 0 aromatic heterocycles. The van der Waals surface area contributed by atoms with Crippen molar-refractivity contribution in [1.29, 1.82) is 0 Å². The Morgan fingerprint density at radius 3 is 2.72 bits per heavy atom. The summed E-state index contributed by atoms with van der Waals surface area (Å²) in [6, 6.07) is 4.53. The quantitative estimate of drug-likeness (QED) is 0.872. The van der Waals surface area contributed by atoms with Gasteiger partial charge < -0.3 is 10.4 Å². The zero-order valence-corrected chi connectivity index (χ0v) is 11.3. The first kappa shape index (κ1) is 14.6. The number of hydrogen-bond acceptors (Lipinski definition) is 2. The summed E-state index contributed by atoms with van der Waals surface area (Å²) in [5.41, 5.74) is 0.807. The number of carbonyl (C=O) groups excluding carboxylic acids is 1. The minimum absolute atomic E-state index is 0.335. The number of nitrogens with one attached hydrogen (secondary N) is 1. The highest BCUT2D eigenvalue weighted by atomic mass is 79.9. The summed E-state index contributed by atoms with van der Waals surface area (Å²) in [5, 5.41) is 10.7. The van der Waals surface area contributed by atoms with Crippen molar-refractivity contribution in [2.75, 3.05) is 6.54 Å². The molecule has 1 unspecified atom stereocenters. The summed E-state index contributed by atoms with van der Waals surface area (Å²) in [5.74, 6) is -2.15. The molecule has 0 saturated carbocycles. The lowest BCUT2D eigenvalue weighted by Crippen LogP contribution is -2.34. The Morgan fingerprint density at radius 2 is 2.17 bits per heavy atom. The van der Waals surface area contributed by atoms with Gasteiger partial charge in [-0.15, -0.1) is 0 Å². The number of carboxylic acid groups (broad SMARTS) is 1. The summed E-state index contributed by atoms with van der Waals surface area (Å²) in [6.45, 7) is 1.30. The van der Waals surface area contributed by atoms with E-state index >= 15 is 0 Å². The third kappa shape index (κ3) is 4.44. The molecule has 1 amide bonds. The van der Waals surface area contributed by atoms with Crippen LogP contribution < -0.4 is 5.32 Å². The highest BCUT2D eigenvalue weighted by molar-refractivity contribution is 9.10. The van der Waals surface area contributed by atoms with Gasteiger partial charge in [-0.05, 0) is 40.0 Å². The van der Waals surface area contributed by atoms with Crippen LogP contribution in [-0.4, -0.2) is 23.5 Å². The molecule has 6 heteroatoms. The zero-order valence-electron chi connectivity index (χ0n) is 9.74. The molecular formula is C12H13BrFNO3. The Balaban J connectivity index is 2.58. The van der Waals surface area contributed by atoms with Gasteiger partial charge in [-0.2, -0.15) is 0 Å². The number of benzene rings is 1. The predicted molar refractivity (Wildman–Crippen MR) is 67.6 cm³/mol. The smallest absolute Gasteiger partial charge is 0.322 e. The van der Waals surface area contributed by atoms with Crippen LogP contribution >= 0.6 is 15.9 Å². The molecule has 1 rings (SSSR count). The normalized spacial score (nSPS) is 11.9. The maximum atomic E-state index is 13.0. The standard InChI is InChI=1S/C12H13BrFNO3/c1-7(12(18)15-6-11(16)17)4-8-2-3-10(14)9(13)5-8/h2-3,5,7H,4,6H2,1H3,(H,15,18)(H,16,17). The highest BCUT2D eigenvalue weighted by Crippen LogP contribution is 2.19. The Morgan fingerprint density at radius 1 is 1.50 bits per heavy atom. The molecule has 2 N–H and O–H groups in total. The van der Waals surface area contributed by atoms with Crippen LogP contribution in [0.4, 0.5) is 4.39 Å². The molecule has 0 bridgehead atoms. The summed E-state index contributed by atoms with van der Waals surface area (Å²) in [6.07, 6.45) is 0.421. The second kappa shape index (κ2) is 6.49. The van der Waals surface area contributed by atoms with Crippen molar-refractivity contribution in [3.8, 4) is 0 Å². The monoisotopic (exact) mass is 317 g/mol. The molecular weight excluding hydrogens is 305 g/mol. The van der Waals surface area contributed by atoms with Gasteiger partial charge in [-0.3, -0.25) is 9.59 Å². The van der Waals surface area contributed by atoms with E-state index in [1.54, 1.807) is 19.1 Å². The van der Waals surface area contributed by atoms with Crippen LogP contribution in [0.25, 0.3) is 0 Å². The Bertz CT molecular complexity index is 465. The summed E-state index contributed by atoms with van der Waals surface area (Å²) < 4.78 is 13.4. The Labute approximate surface area is 112 Å². The first-order valence-electron chi connectivity index (χ1n) is 5.33. The van der Waals surface area contributed by atoms with E-state index in [1.807, 2.05) is 0 Å². The number of carbonyl (C=O) groups is 2. The van der Waals surface area contributed by atoms with Gasteiger partial charge in [-0.25, -0.2) is 4.39 Å². The van der Waals surface area contributed by atoms with Crippen LogP contribution in [0.1, 0.15) is 12.5 Å². The molecule has 0 spiro atoms. The van der Waals surface area contributed by atoms with E-state index in [0.29, 0.717) is 10.9 Å². The van der Waals surface area contributed by atoms with Crippen LogP contribution in [0.5, 0.6) is 0 Å². The Hall–Kier alpha value is -1.43. The van der Waals surface area contributed by atoms with E-state index < -0.39 is 12.5 Å². The van der Waals surface area contributed by atoms with E-state index in [4.69, 9.17) is 5.11 Å². The van der Waals surface area contributed by atoms with E-state index in [-0.39, 0.29) is 17.6 Å². The zero-order chi connectivity index (χ0) is 13.7. The average molecular weight is 318 g/mol. The lowest BCUT2D eigenvalue weighted by atomic mass is 10.0. The van der Waals surface area contributed by atoms with Crippen molar-refractivity contribution in [2.24, 2.45) is 5.92 Å². The van der Waals surface area contributed by atoms with Crippen molar-refractivity contribution in [3.05, 3.63) is 34.1 Å². The molecule has 0 aliphatic heterocycles. The van der Waals surface area contributed by atoms with Crippen molar-refractivity contribution < 1.29 is 19.1 Å². The predicted octanol–water partition coefficient (Wildman–Crippen LogP) is 1.97. The molecule has 98 valence electrons. The highest BCUT2D eigenvalue weighted by Gasteiger charge is 2.14. The van der Waals surface area contributed by atoms with Crippen LogP contribution in [0, 0.1) is 11.7 Å². The molecule has 0 fully saturated rings. The van der Waals surface area contributed by atoms with Gasteiger partial charge in [0.15, 0.2) is 0 Å². The fourth-order valence-corrected chi connectivity index (χ4v) is 1.88. The average Bonchev–Trinajstić information content (AvgIpc) is 2.30. The lowest BCUT2D eigenvalue weighted by Gasteiger charge is -2.11. The molecule has 0 saturated heterocycles. The molecule has 0 aliphatic carbocycles. The van der Waals surface area contributed by atoms with Gasteiger partial charge in [0.2, 0.25) is 5.91 Å². The van der Waals surface area contributed by atoms with Crippen LogP contribution in [0.15, 0.2) is 22.7 Å². The van der Waals surface area contributed by atoms with E-state index in [0.717, 1.165) is 5.56 Å². The number of amides is 1. The van der Waals surface area contributed by atoms with E-state index in [1.165, 1.54) is 6.07 Å². The van der Waals surface area contributed by atoms with Gasteiger partial charge in [0, 0.05) is 5.92 Å². The van der Waals surface area contributed by atoms with Gasteiger partial charge >= 0.3 is 5.97 Å². The van der Waals surface area contributed by atoms with Crippen molar-refractivity contribution in [2.45, 2.75) is 13.3 Å². The fraction of sp³-hybridized carbons (Fsp3) is 0.333. The van der Waals surface area contributed by atoms with Crippen molar-refractivity contribution in [1.82, 2.24) is 5.32 Å². The molecule has 1 aromatic rings. The molecule has 4 nitrogen and oxygen atoms in total. The van der Waals surface area contributed by atoms with E-state index in [9.17, 15) is 14.0 Å². The first-order chi connectivity index (χ1) is 8.40. The summed E-state index contributed by atoms with van der Waals surface area (Å²) >= 11 is 3.07. The molecule has 0 aliphatic rings. The second-order valence-corrected chi connectivity index (χ2v) is 4.82. The fourth-order valence-electron chi connectivity index (χ4n) is 1.45.